The van der Waals surface area contributed by atoms with E-state index in [9.17, 15) is 132 Å². The monoisotopic (exact) mass is 1400 g/mol. The third-order valence-corrected chi connectivity index (χ3v) is 27.7. The molecular weight excluding hydrogens is 1390 g/mol. The minimum absolute atomic E-state index is 1.25. The zero-order chi connectivity index (χ0) is 65.8. The van der Waals surface area contributed by atoms with E-state index in [0.29, 0.717) is 0 Å². The van der Waals surface area contributed by atoms with E-state index in [4.69, 9.17) is 0 Å². The van der Waals surface area contributed by atoms with Gasteiger partial charge in [-0.15, -0.1) is 0 Å². The van der Waals surface area contributed by atoms with Gasteiger partial charge in [0, 0.05) is 0 Å². The molecule has 0 aliphatic carbocycles. The molecule has 0 saturated heterocycles. The average molecular weight is 1400 g/mol. The van der Waals surface area contributed by atoms with Gasteiger partial charge in [-0.25, -0.2) is 0 Å². The fourth-order valence-electron chi connectivity index (χ4n) is 8.72. The molecule has 88 heavy (non-hydrogen) atoms. The topological polar surface area (TPSA) is 0 Å². The minimum atomic E-state index is -9.08. The van der Waals surface area contributed by atoms with E-state index < -0.39 is 231 Å². The van der Waals surface area contributed by atoms with Crippen molar-refractivity contribution < 1.29 is 135 Å². The maximum Gasteiger partial charge on any atom is 0.0631 e. The fourth-order valence-corrected chi connectivity index (χ4v) is 23.1. The van der Waals surface area contributed by atoms with Gasteiger partial charge in [0.05, 0.1) is 22.6 Å². The summed E-state index contributed by atoms with van der Waals surface area (Å²) in [4.78, 5) is 0. The van der Waals surface area contributed by atoms with Crippen molar-refractivity contribution in [2.45, 2.75) is 0 Å². The van der Waals surface area contributed by atoms with Crippen LogP contribution in [-0.2, 0) is 0 Å². The van der Waals surface area contributed by atoms with Crippen LogP contribution in [0.25, 0.3) is 0 Å². The molecule has 0 unspecified atom stereocenters. The summed E-state index contributed by atoms with van der Waals surface area (Å²) in [6.07, 6.45) is 0. The van der Waals surface area contributed by atoms with Crippen LogP contribution in [-0.4, -0.2) is 31.7 Å². The summed E-state index contributed by atoms with van der Waals surface area (Å²) < 4.78 is 418. The SMILES string of the molecule is Fc1c(F)c(F)[c]([Ga-]([F])([c]2c(F)c(F)c(F)c(F)c2F)[c]2c(F)c(F)c(F)c(F)c2F)c(F)c1F.Fc1c(F)c(F)[c]([Ga]([c]2c(F)c(F)c(F)c(F)c2F)[c]2c(F)c(F)c(F)c(F)c2F)c(F)c1F.c1ccc([C+](c2ccccc2)c2ccccc2)cc1. The van der Waals surface area contributed by atoms with Gasteiger partial charge in [-0.05, 0) is 72.8 Å². The molecule has 9 rings (SSSR count). The van der Waals surface area contributed by atoms with Crippen LogP contribution < -0.4 is 24.7 Å². The van der Waals surface area contributed by atoms with E-state index in [2.05, 4.69) is 91.0 Å². The molecule has 9 aromatic carbocycles. The first-order valence-corrected chi connectivity index (χ1v) is 31.3. The predicted molar refractivity (Wildman–Crippen MR) is 248 cm³/mol. The quantitative estimate of drug-likeness (QED) is 0.0337. The molecule has 9 aromatic rings. The van der Waals surface area contributed by atoms with Crippen LogP contribution >= 0.6 is 0 Å². The second kappa shape index (κ2) is 26.0. The largest absolute Gasteiger partial charge is 0.0631 e. The third-order valence-electron chi connectivity index (χ3n) is 12.7. The summed E-state index contributed by atoms with van der Waals surface area (Å²) in [7, 11) is 0. The van der Waals surface area contributed by atoms with Crippen LogP contribution in [0.5, 0.6) is 0 Å². The van der Waals surface area contributed by atoms with E-state index in [-0.39, 0.29) is 0 Å². The molecule has 0 fully saturated rings. The van der Waals surface area contributed by atoms with Gasteiger partial charge in [0.2, 0.25) is 0 Å². The Morgan fingerprint density at radius 1 is 0.193 bits per heavy atom. The van der Waals surface area contributed by atoms with Crippen LogP contribution in [0.3, 0.4) is 0 Å². The molecule has 0 spiro atoms. The average Bonchev–Trinajstić information content (AvgIpc) is 0.722. The molecule has 0 aliphatic heterocycles. The number of halogens is 31. The molecule has 33 heteroatoms. The Morgan fingerprint density at radius 2 is 0.330 bits per heavy atom. The number of benzene rings is 9. The molecule has 0 amide bonds. The maximum absolute atomic E-state index is 16.4. The smallest absolute Gasteiger partial charge is 0.0511 e. The summed E-state index contributed by atoms with van der Waals surface area (Å²) in [5, 5.41) is 0. The normalized spacial score (nSPS) is 11.4. The first kappa shape index (κ1) is 67.5. The van der Waals surface area contributed by atoms with Crippen LogP contribution in [0.15, 0.2) is 91.0 Å². The molecule has 458 valence electrons. The molecule has 0 bridgehead atoms. The van der Waals surface area contributed by atoms with Crippen molar-refractivity contribution in [3.63, 3.8) is 0 Å². The van der Waals surface area contributed by atoms with Crippen LogP contribution in [0, 0.1) is 180 Å². The summed E-state index contributed by atoms with van der Waals surface area (Å²) >= 11 is -15.8. The Balaban J connectivity index is 0.000000196. The van der Waals surface area contributed by atoms with Crippen LogP contribution in [0.2, 0.25) is 0 Å². The van der Waals surface area contributed by atoms with Crippen molar-refractivity contribution in [1.82, 2.24) is 0 Å². The first-order valence-electron chi connectivity index (χ1n) is 23.1. The molecule has 0 saturated carbocycles. The van der Waals surface area contributed by atoms with Gasteiger partial charge in [-0.1, -0.05) is 18.2 Å². The molecule has 0 nitrogen and oxygen atoms in total. The Labute approximate surface area is 477 Å². The molecule has 0 atom stereocenters. The van der Waals surface area contributed by atoms with Crippen molar-refractivity contribution in [3.8, 4) is 0 Å². The second-order valence-corrected chi connectivity index (χ2v) is 29.8. The Kier molecular flexibility index (Phi) is 19.9. The van der Waals surface area contributed by atoms with Crippen molar-refractivity contribution in [2.75, 3.05) is 0 Å². The van der Waals surface area contributed by atoms with Gasteiger partial charge in [-0.2, -0.15) is 0 Å². The predicted octanol–water partition coefficient (Wildman–Crippen LogP) is 13.7. The molecule has 0 radical (unpaired) electrons. The zero-order valence-electron chi connectivity index (χ0n) is 41.5. The van der Waals surface area contributed by atoms with Crippen molar-refractivity contribution in [2.24, 2.45) is 0 Å². The molecule has 0 heterocycles. The van der Waals surface area contributed by atoms with Gasteiger partial charge < -0.3 is 0 Å². The van der Waals surface area contributed by atoms with Gasteiger partial charge in [-0.3, -0.25) is 0 Å². The van der Waals surface area contributed by atoms with Gasteiger partial charge >= 0.3 is 366 Å². The van der Waals surface area contributed by atoms with Gasteiger partial charge in [0.15, 0.2) is 0 Å². The number of rotatable bonds is 9. The summed E-state index contributed by atoms with van der Waals surface area (Å²) in [5.74, 6) is -91.7. The molecular formula is C55H15F31Ga2. The second-order valence-electron chi connectivity index (χ2n) is 17.6. The molecule has 0 aromatic heterocycles. The van der Waals surface area contributed by atoms with E-state index in [1.807, 2.05) is 0 Å². The summed E-state index contributed by atoms with van der Waals surface area (Å²) in [5.41, 5.74) is 3.75. The Morgan fingerprint density at radius 3 is 0.489 bits per heavy atom. The third kappa shape index (κ3) is 11.3. The minimum Gasteiger partial charge on any atom is -0.0511 e. The van der Waals surface area contributed by atoms with E-state index in [1.165, 1.54) is 22.6 Å². The van der Waals surface area contributed by atoms with E-state index in [0.717, 1.165) is 0 Å². The number of hydrogen-bond donors (Lipinski definition) is 0. The molecule has 0 aliphatic rings. The summed E-state index contributed by atoms with van der Waals surface area (Å²) in [6.45, 7) is 0. The Hall–Kier alpha value is -8.05. The first-order chi connectivity index (χ1) is 41.1. The van der Waals surface area contributed by atoms with Crippen LogP contribution in [0.1, 0.15) is 16.7 Å². The number of hydrogen-bond acceptors (Lipinski definition) is 0. The van der Waals surface area contributed by atoms with E-state index >= 15 is 3.29 Å². The fraction of sp³-hybridized carbons (Fsp3) is 0. The standard InChI is InChI=1S/C19H15.6C6F5.FH.2Ga/c1-4-10-16(11-5-1)19(17-12-6-2-7-13-17)18-14-8-3-9-15-18;6*7-2-1-3(8)5(10)6(11)4(2)9;;;/h1-15H;;;;;;;1H;;/q+1;;;;;;;;;/p-1. The Bertz CT molecular complexity index is 3640. The maximum atomic E-state index is 16.4. The van der Waals surface area contributed by atoms with Crippen LogP contribution in [0.4, 0.5) is 135 Å². The van der Waals surface area contributed by atoms with Crippen molar-refractivity contribution in [3.05, 3.63) is 288 Å². The van der Waals surface area contributed by atoms with Gasteiger partial charge in [0.1, 0.15) is 0 Å². The summed E-state index contributed by atoms with van der Waals surface area (Å²) in [6, 6.07) is 31.6. The van der Waals surface area contributed by atoms with Crippen molar-refractivity contribution in [1.29, 1.82) is 0 Å². The zero-order valence-corrected chi connectivity index (χ0v) is 46.4. The van der Waals surface area contributed by atoms with E-state index in [1.54, 1.807) is 0 Å². The van der Waals surface area contributed by atoms with Gasteiger partial charge in [0.25, 0.3) is 0 Å². The van der Waals surface area contributed by atoms with Crippen molar-refractivity contribution >= 4 is 56.5 Å². The molecule has 0 N–H and O–H groups in total.